The van der Waals surface area contributed by atoms with E-state index in [9.17, 15) is 13.2 Å². The summed E-state index contributed by atoms with van der Waals surface area (Å²) in [5, 5.41) is 8.90. The largest absolute Gasteiger partial charge is 0.415 e. The van der Waals surface area contributed by atoms with Crippen molar-refractivity contribution in [3.63, 3.8) is 0 Å². The van der Waals surface area contributed by atoms with Gasteiger partial charge in [-0.25, -0.2) is 0 Å². The van der Waals surface area contributed by atoms with Gasteiger partial charge >= 0.3 is 6.18 Å². The molecule has 3 nitrogen and oxygen atoms in total. The van der Waals surface area contributed by atoms with Crippen LogP contribution in [0.25, 0.3) is 0 Å². The molecule has 1 heterocycles. The number of halogens is 3. The third-order valence-electron chi connectivity index (χ3n) is 2.92. The van der Waals surface area contributed by atoms with Gasteiger partial charge in [0.15, 0.2) is 6.10 Å². The first-order valence-electron chi connectivity index (χ1n) is 5.41. The topological polar surface area (TPSA) is 26.7 Å². The van der Waals surface area contributed by atoms with Crippen molar-refractivity contribution in [1.82, 2.24) is 9.80 Å². The van der Waals surface area contributed by atoms with E-state index >= 15 is 0 Å². The second kappa shape index (κ2) is 5.33. The fourth-order valence-electron chi connectivity index (χ4n) is 2.09. The molecule has 6 heteroatoms. The lowest BCUT2D eigenvalue weighted by Gasteiger charge is -2.24. The summed E-state index contributed by atoms with van der Waals surface area (Å²) in [6.07, 6.45) is -5.74. The Balaban J connectivity index is 2.28. The average molecular weight is 240 g/mol. The smallest absolute Gasteiger partial charge is 0.382 e. The molecule has 1 aliphatic heterocycles. The van der Waals surface area contributed by atoms with Crippen molar-refractivity contribution in [3.05, 3.63) is 0 Å². The fraction of sp³-hybridized carbons (Fsp3) is 1.00. The molecule has 1 aliphatic rings. The van der Waals surface area contributed by atoms with Gasteiger partial charge < -0.3 is 14.9 Å². The summed E-state index contributed by atoms with van der Waals surface area (Å²) in [6.45, 7) is 2.19. The lowest BCUT2D eigenvalue weighted by molar-refractivity contribution is -0.207. The normalized spacial score (nSPS) is 25.3. The minimum atomic E-state index is -4.51. The predicted molar refractivity (Wildman–Crippen MR) is 55.2 cm³/mol. The monoisotopic (exact) mass is 240 g/mol. The summed E-state index contributed by atoms with van der Waals surface area (Å²) in [7, 11) is 3.62. The Morgan fingerprint density at radius 3 is 2.56 bits per heavy atom. The molecule has 0 aliphatic carbocycles. The molecule has 96 valence electrons. The number of aliphatic hydroxyl groups excluding tert-OH is 1. The highest BCUT2D eigenvalue weighted by atomic mass is 19.4. The van der Waals surface area contributed by atoms with E-state index in [0.717, 1.165) is 19.5 Å². The van der Waals surface area contributed by atoms with Gasteiger partial charge in [-0.2, -0.15) is 13.2 Å². The van der Waals surface area contributed by atoms with Crippen LogP contribution in [-0.4, -0.2) is 67.5 Å². The maximum Gasteiger partial charge on any atom is 0.415 e. The van der Waals surface area contributed by atoms with Gasteiger partial charge in [-0.05, 0) is 33.0 Å². The number of aliphatic hydroxyl groups is 1. The highest BCUT2D eigenvalue weighted by molar-refractivity contribution is 4.77. The Labute approximate surface area is 93.8 Å². The molecule has 0 aromatic rings. The molecular formula is C10H19F3N2O. The van der Waals surface area contributed by atoms with Gasteiger partial charge in [0.25, 0.3) is 0 Å². The number of likely N-dealkylation sites (N-methyl/N-ethyl adjacent to an activating group) is 1. The first-order chi connectivity index (χ1) is 7.29. The third-order valence-corrected chi connectivity index (χ3v) is 2.92. The molecule has 0 bridgehead atoms. The van der Waals surface area contributed by atoms with E-state index in [1.165, 1.54) is 0 Å². The number of nitrogens with zero attached hydrogens (tertiary/aromatic N) is 2. The molecule has 1 fully saturated rings. The van der Waals surface area contributed by atoms with Crippen molar-refractivity contribution in [2.45, 2.75) is 18.7 Å². The van der Waals surface area contributed by atoms with Gasteiger partial charge in [-0.15, -0.1) is 0 Å². The SMILES string of the molecule is CN1CCC(CN(C)CC(O)C(F)(F)F)C1. The van der Waals surface area contributed by atoms with Crippen LogP contribution in [0, 0.1) is 5.92 Å². The second-order valence-corrected chi connectivity index (χ2v) is 4.70. The van der Waals surface area contributed by atoms with Crippen LogP contribution in [-0.2, 0) is 0 Å². The minimum absolute atomic E-state index is 0.344. The van der Waals surface area contributed by atoms with Gasteiger partial charge in [-0.3, -0.25) is 0 Å². The molecule has 0 saturated carbocycles. The molecule has 0 spiro atoms. The molecule has 2 atom stereocenters. The van der Waals surface area contributed by atoms with Crippen molar-refractivity contribution in [2.24, 2.45) is 5.92 Å². The van der Waals surface area contributed by atoms with Gasteiger partial charge in [0.05, 0.1) is 0 Å². The lowest BCUT2D eigenvalue weighted by atomic mass is 10.1. The number of likely N-dealkylation sites (tertiary alicyclic amines) is 1. The predicted octanol–water partition coefficient (Wildman–Crippen LogP) is 0.793. The highest BCUT2D eigenvalue weighted by Crippen LogP contribution is 2.21. The van der Waals surface area contributed by atoms with E-state index in [1.807, 2.05) is 7.05 Å². The van der Waals surface area contributed by atoms with Gasteiger partial charge in [0.2, 0.25) is 0 Å². The Bertz CT molecular complexity index is 223. The van der Waals surface area contributed by atoms with Gasteiger partial charge in [0, 0.05) is 19.6 Å². The highest BCUT2D eigenvalue weighted by Gasteiger charge is 2.38. The van der Waals surface area contributed by atoms with Crippen LogP contribution in [0.4, 0.5) is 13.2 Å². The molecule has 16 heavy (non-hydrogen) atoms. The average Bonchev–Trinajstić information content (AvgIpc) is 2.49. The van der Waals surface area contributed by atoms with Crippen LogP contribution in [0.1, 0.15) is 6.42 Å². The summed E-state index contributed by atoms with van der Waals surface area (Å²) in [5.74, 6) is 0.412. The first-order valence-corrected chi connectivity index (χ1v) is 5.41. The second-order valence-electron chi connectivity index (χ2n) is 4.70. The van der Waals surface area contributed by atoms with Crippen molar-refractivity contribution >= 4 is 0 Å². The van der Waals surface area contributed by atoms with E-state index in [1.54, 1.807) is 11.9 Å². The molecule has 1 rings (SSSR count). The zero-order valence-electron chi connectivity index (χ0n) is 9.67. The maximum absolute atomic E-state index is 12.1. The summed E-state index contributed by atoms with van der Waals surface area (Å²) in [4.78, 5) is 3.72. The quantitative estimate of drug-likeness (QED) is 0.787. The van der Waals surface area contributed by atoms with Crippen LogP contribution in [0.15, 0.2) is 0 Å². The van der Waals surface area contributed by atoms with Crippen molar-refractivity contribution in [3.8, 4) is 0 Å². The number of hydrogen-bond acceptors (Lipinski definition) is 3. The Hall–Kier alpha value is -0.330. The number of hydrogen-bond donors (Lipinski definition) is 1. The number of rotatable bonds is 4. The maximum atomic E-state index is 12.1. The van der Waals surface area contributed by atoms with Gasteiger partial charge in [0.1, 0.15) is 0 Å². The van der Waals surface area contributed by atoms with E-state index in [2.05, 4.69) is 4.90 Å². The van der Waals surface area contributed by atoms with Crippen molar-refractivity contribution < 1.29 is 18.3 Å². The van der Waals surface area contributed by atoms with Crippen molar-refractivity contribution in [2.75, 3.05) is 40.3 Å². The van der Waals surface area contributed by atoms with Crippen LogP contribution < -0.4 is 0 Å². The summed E-state index contributed by atoms with van der Waals surface area (Å²) in [6, 6.07) is 0. The van der Waals surface area contributed by atoms with Crippen molar-refractivity contribution in [1.29, 1.82) is 0 Å². The van der Waals surface area contributed by atoms with E-state index < -0.39 is 12.3 Å². The Morgan fingerprint density at radius 1 is 1.50 bits per heavy atom. The molecule has 0 amide bonds. The standard InChI is InChI=1S/C10H19F3N2O/c1-14-4-3-8(5-14)6-15(2)7-9(16)10(11,12)13/h8-9,16H,3-7H2,1-2H3. The molecule has 2 unspecified atom stereocenters. The van der Waals surface area contributed by atoms with E-state index in [0.29, 0.717) is 12.5 Å². The molecular weight excluding hydrogens is 221 g/mol. The van der Waals surface area contributed by atoms with Crippen LogP contribution in [0.5, 0.6) is 0 Å². The summed E-state index contributed by atoms with van der Waals surface area (Å²) in [5.41, 5.74) is 0. The van der Waals surface area contributed by atoms with E-state index in [-0.39, 0.29) is 6.54 Å². The number of alkyl halides is 3. The summed E-state index contributed by atoms with van der Waals surface area (Å²) < 4.78 is 36.3. The van der Waals surface area contributed by atoms with Gasteiger partial charge in [-0.1, -0.05) is 0 Å². The van der Waals surface area contributed by atoms with E-state index in [4.69, 9.17) is 5.11 Å². The van der Waals surface area contributed by atoms with Crippen LogP contribution in [0.2, 0.25) is 0 Å². The zero-order valence-corrected chi connectivity index (χ0v) is 9.67. The van der Waals surface area contributed by atoms with Crippen LogP contribution in [0.3, 0.4) is 0 Å². The molecule has 1 N–H and O–H groups in total. The fourth-order valence-corrected chi connectivity index (χ4v) is 2.09. The molecule has 1 saturated heterocycles. The molecule has 0 aromatic heterocycles. The molecule has 0 aromatic carbocycles. The zero-order chi connectivity index (χ0) is 12.3. The first kappa shape index (κ1) is 13.7. The summed E-state index contributed by atoms with van der Waals surface area (Å²) >= 11 is 0. The Kier molecular flexibility index (Phi) is 4.58. The Morgan fingerprint density at radius 2 is 2.12 bits per heavy atom. The van der Waals surface area contributed by atoms with Crippen LogP contribution >= 0.6 is 0 Å². The molecule has 0 radical (unpaired) electrons. The lowest BCUT2D eigenvalue weighted by Crippen LogP contribution is -2.41. The third kappa shape index (κ3) is 4.27. The minimum Gasteiger partial charge on any atom is -0.382 e.